The third-order valence-electron chi connectivity index (χ3n) is 7.82. The van der Waals surface area contributed by atoms with Crippen LogP contribution in [0.4, 0.5) is 8.78 Å². The van der Waals surface area contributed by atoms with Gasteiger partial charge >= 0.3 is 0 Å². The van der Waals surface area contributed by atoms with Crippen molar-refractivity contribution in [3.63, 3.8) is 0 Å². The number of benzene rings is 1. The number of piperazine rings is 1. The number of carbonyl (C=O) groups excluding carboxylic acids is 1. The number of piperidine rings is 1. The van der Waals surface area contributed by atoms with Crippen LogP contribution in [0.25, 0.3) is 11.1 Å². The van der Waals surface area contributed by atoms with Gasteiger partial charge in [0.05, 0.1) is 12.2 Å². The van der Waals surface area contributed by atoms with Crippen LogP contribution in [-0.4, -0.2) is 81.2 Å². The van der Waals surface area contributed by atoms with Crippen molar-refractivity contribution < 1.29 is 13.6 Å². The van der Waals surface area contributed by atoms with Crippen LogP contribution >= 0.6 is 0 Å². The molecule has 8 nitrogen and oxygen atoms in total. The fourth-order valence-electron chi connectivity index (χ4n) is 5.67. The van der Waals surface area contributed by atoms with E-state index < -0.39 is 12.0 Å². The Hall–Kier alpha value is -3.27. The van der Waals surface area contributed by atoms with Crippen molar-refractivity contribution in [1.29, 1.82) is 0 Å². The van der Waals surface area contributed by atoms with Gasteiger partial charge in [0.15, 0.2) is 0 Å². The number of amides is 1. The molecule has 1 amide bonds. The van der Waals surface area contributed by atoms with E-state index in [9.17, 15) is 13.6 Å². The predicted octanol–water partition coefficient (Wildman–Crippen LogP) is 3.38. The van der Waals surface area contributed by atoms with Crippen LogP contribution in [0.3, 0.4) is 0 Å². The fraction of sp³-hybridized carbons (Fsp3) is 0.519. The molecular formula is C27H35F2N7O. The molecule has 1 aromatic heterocycles. The molecule has 0 radical (unpaired) electrons. The number of aryl methyl sites for hydroxylation is 1. The van der Waals surface area contributed by atoms with Crippen LogP contribution in [0, 0.1) is 0 Å². The summed E-state index contributed by atoms with van der Waals surface area (Å²) in [7, 11) is 3.87. The number of hydrogen-bond acceptors (Lipinski definition) is 6. The summed E-state index contributed by atoms with van der Waals surface area (Å²) in [6, 6.07) is 6.66. The molecule has 2 saturated heterocycles. The highest BCUT2D eigenvalue weighted by atomic mass is 19.3. The minimum Gasteiger partial charge on any atom is -0.342 e. The lowest BCUT2D eigenvalue weighted by molar-refractivity contribution is -0.144. The Morgan fingerprint density at radius 3 is 2.68 bits per heavy atom. The number of aromatic nitrogens is 2. The number of aliphatic imine (C=N–C) groups is 1. The highest BCUT2D eigenvalue weighted by Gasteiger charge is 2.46. The number of rotatable bonds is 4. The quantitative estimate of drug-likeness (QED) is 0.682. The number of likely N-dealkylation sites (tertiary alicyclic amines) is 1. The number of likely N-dealkylation sites (N-methyl/N-ethyl adjacent to an activating group) is 1. The number of nitrogens with zero attached hydrogens (tertiary/aromatic N) is 6. The second kappa shape index (κ2) is 9.89. The zero-order valence-corrected chi connectivity index (χ0v) is 21.9. The van der Waals surface area contributed by atoms with E-state index in [1.807, 2.05) is 31.1 Å². The van der Waals surface area contributed by atoms with E-state index in [0.29, 0.717) is 43.7 Å². The van der Waals surface area contributed by atoms with E-state index in [0.717, 1.165) is 30.3 Å². The first-order valence-corrected chi connectivity index (χ1v) is 12.9. The first kappa shape index (κ1) is 25.4. The minimum absolute atomic E-state index is 0.0236. The van der Waals surface area contributed by atoms with E-state index in [1.165, 1.54) is 12.1 Å². The number of nitrogens with one attached hydrogen (secondary N) is 1. The van der Waals surface area contributed by atoms with Crippen molar-refractivity contribution >= 4 is 11.9 Å². The van der Waals surface area contributed by atoms with Gasteiger partial charge in [0.1, 0.15) is 5.54 Å². The molecule has 4 heterocycles. The van der Waals surface area contributed by atoms with Gasteiger partial charge in [-0.15, -0.1) is 0 Å². The van der Waals surface area contributed by atoms with Crippen LogP contribution in [0.1, 0.15) is 44.4 Å². The molecule has 5 rings (SSSR count). The van der Waals surface area contributed by atoms with Crippen molar-refractivity contribution in [2.75, 3.05) is 33.2 Å². The van der Waals surface area contributed by atoms with Crippen molar-refractivity contribution in [2.45, 2.75) is 51.2 Å². The van der Waals surface area contributed by atoms with Gasteiger partial charge in [-0.3, -0.25) is 9.48 Å². The Kier molecular flexibility index (Phi) is 6.78. The number of carbonyl (C=O) groups is 1. The van der Waals surface area contributed by atoms with Gasteiger partial charge in [-0.05, 0) is 44.4 Å². The molecule has 2 aromatic rings. The average Bonchev–Trinajstić information content (AvgIpc) is 3.25. The Labute approximate surface area is 216 Å². The van der Waals surface area contributed by atoms with Crippen LogP contribution in [0.15, 0.2) is 47.2 Å². The SMILES string of the molecule is CC1=CC(C)N(C)C(N2CCC3(CC2)NCCN(Cc2nn(C)cc2-c2cccc(C(F)F)c2)C3=O)=N1. The van der Waals surface area contributed by atoms with Crippen LogP contribution in [0.5, 0.6) is 0 Å². The first-order valence-electron chi connectivity index (χ1n) is 12.9. The highest BCUT2D eigenvalue weighted by Crippen LogP contribution is 2.32. The molecular weight excluding hydrogens is 476 g/mol. The minimum atomic E-state index is -2.54. The third-order valence-corrected chi connectivity index (χ3v) is 7.82. The molecule has 0 saturated carbocycles. The Morgan fingerprint density at radius 1 is 1.19 bits per heavy atom. The van der Waals surface area contributed by atoms with Gasteiger partial charge < -0.3 is 20.0 Å². The lowest BCUT2D eigenvalue weighted by Crippen LogP contribution is -2.68. The molecule has 0 aliphatic carbocycles. The van der Waals surface area contributed by atoms with Gasteiger partial charge in [-0.2, -0.15) is 5.10 Å². The maximum absolute atomic E-state index is 13.8. The molecule has 1 atom stereocenters. The summed E-state index contributed by atoms with van der Waals surface area (Å²) >= 11 is 0. The van der Waals surface area contributed by atoms with Gasteiger partial charge in [-0.1, -0.05) is 18.2 Å². The number of allylic oxidation sites excluding steroid dienone is 1. The molecule has 3 aliphatic rings. The highest BCUT2D eigenvalue weighted by molar-refractivity contribution is 5.88. The predicted molar refractivity (Wildman–Crippen MR) is 139 cm³/mol. The molecule has 1 aromatic carbocycles. The second-order valence-corrected chi connectivity index (χ2v) is 10.4. The Morgan fingerprint density at radius 2 is 1.95 bits per heavy atom. The van der Waals surface area contributed by atoms with E-state index in [4.69, 9.17) is 4.99 Å². The maximum atomic E-state index is 13.8. The van der Waals surface area contributed by atoms with Crippen molar-refractivity contribution in [3.05, 3.63) is 53.5 Å². The van der Waals surface area contributed by atoms with Crippen molar-refractivity contribution in [1.82, 2.24) is 29.8 Å². The molecule has 1 spiro atoms. The van der Waals surface area contributed by atoms with Gasteiger partial charge in [0.25, 0.3) is 6.43 Å². The number of halogens is 2. The zero-order chi connectivity index (χ0) is 26.3. The summed E-state index contributed by atoms with van der Waals surface area (Å²) < 4.78 is 28.3. The number of guanidine groups is 1. The summed E-state index contributed by atoms with van der Waals surface area (Å²) in [5, 5.41) is 8.13. The average molecular weight is 512 g/mol. The smallest absolute Gasteiger partial charge is 0.263 e. The van der Waals surface area contributed by atoms with E-state index in [1.54, 1.807) is 10.7 Å². The molecule has 10 heteroatoms. The molecule has 3 aliphatic heterocycles. The molecule has 0 bridgehead atoms. The summed E-state index contributed by atoms with van der Waals surface area (Å²) in [4.78, 5) is 24.9. The van der Waals surface area contributed by atoms with Crippen LogP contribution in [0.2, 0.25) is 0 Å². The normalized spacial score (nSPS) is 22.1. The largest absolute Gasteiger partial charge is 0.342 e. The van der Waals surface area contributed by atoms with Crippen LogP contribution < -0.4 is 5.32 Å². The number of hydrogen-bond donors (Lipinski definition) is 1. The molecule has 198 valence electrons. The van der Waals surface area contributed by atoms with E-state index in [2.05, 4.69) is 40.3 Å². The molecule has 1 unspecified atom stereocenters. The van der Waals surface area contributed by atoms with Crippen LogP contribution in [-0.2, 0) is 18.4 Å². The van der Waals surface area contributed by atoms with Gasteiger partial charge in [0, 0.05) is 69.3 Å². The lowest BCUT2D eigenvalue weighted by atomic mass is 9.84. The summed E-state index contributed by atoms with van der Waals surface area (Å²) in [6.45, 7) is 7.29. The Balaban J connectivity index is 1.32. The topological polar surface area (TPSA) is 69.0 Å². The lowest BCUT2D eigenvalue weighted by Gasteiger charge is -2.48. The summed E-state index contributed by atoms with van der Waals surface area (Å²) in [5.74, 6) is 1.05. The Bertz CT molecular complexity index is 1230. The first-order chi connectivity index (χ1) is 17.7. The van der Waals surface area contributed by atoms with E-state index in [-0.39, 0.29) is 17.5 Å². The molecule has 1 N–H and O–H groups in total. The summed E-state index contributed by atoms with van der Waals surface area (Å²) in [6.07, 6.45) is 2.83. The van der Waals surface area contributed by atoms with Crippen molar-refractivity contribution in [3.8, 4) is 11.1 Å². The van der Waals surface area contributed by atoms with Gasteiger partial charge in [-0.25, -0.2) is 13.8 Å². The fourth-order valence-corrected chi connectivity index (χ4v) is 5.67. The van der Waals surface area contributed by atoms with E-state index >= 15 is 0 Å². The maximum Gasteiger partial charge on any atom is 0.263 e. The van der Waals surface area contributed by atoms with Crippen molar-refractivity contribution in [2.24, 2.45) is 12.0 Å². The van der Waals surface area contributed by atoms with Gasteiger partial charge in [0.2, 0.25) is 11.9 Å². The molecule has 37 heavy (non-hydrogen) atoms. The monoisotopic (exact) mass is 511 g/mol. The third kappa shape index (κ3) is 4.86. The summed E-state index contributed by atoms with van der Waals surface area (Å²) in [5.41, 5.74) is 2.56. The number of alkyl halides is 2. The second-order valence-electron chi connectivity index (χ2n) is 10.4. The standard InChI is InChI=1S/C27H35F2N7O/c1-18-14-19(2)34(4)26(31-18)35-11-8-27(9-12-35)25(37)36(13-10-30-27)17-23-22(16-33(3)32-23)20-6-5-7-21(15-20)24(28)29/h5-7,14-16,19,24,30H,8-13,17H2,1-4H3. The molecule has 2 fully saturated rings. The zero-order valence-electron chi connectivity index (χ0n) is 21.9.